The first kappa shape index (κ1) is 31.9. The van der Waals surface area contributed by atoms with E-state index < -0.39 is 0 Å². The molecule has 2 aliphatic heterocycles. The van der Waals surface area contributed by atoms with Gasteiger partial charge in [-0.15, -0.1) is 0 Å². The molecule has 0 atom stereocenters. The van der Waals surface area contributed by atoms with Crippen LogP contribution in [0.15, 0.2) is 167 Å². The van der Waals surface area contributed by atoms with E-state index in [1.54, 1.807) is 0 Å². The number of nitrogens with zero attached hydrogens (tertiary/aromatic N) is 2. The summed E-state index contributed by atoms with van der Waals surface area (Å²) in [6, 6.07) is 58.0. The second kappa shape index (κ2) is 11.4. The highest BCUT2D eigenvalue weighted by Crippen LogP contribution is 2.48. The van der Waals surface area contributed by atoms with Gasteiger partial charge in [-0.2, -0.15) is 0 Å². The van der Waals surface area contributed by atoms with E-state index in [0.29, 0.717) is 0 Å². The Bertz CT molecular complexity index is 3550. The quantitative estimate of drug-likeness (QED) is 0.165. The van der Waals surface area contributed by atoms with E-state index >= 15 is 0 Å². The van der Waals surface area contributed by atoms with Crippen molar-refractivity contribution in [3.05, 3.63) is 174 Å². The number of rotatable bonds is 2. The van der Waals surface area contributed by atoms with E-state index in [1.165, 1.54) is 60.6 Å². The lowest BCUT2D eigenvalue weighted by molar-refractivity contribution is 0.669. The third-order valence-corrected chi connectivity index (χ3v) is 12.8. The SMILES string of the molecule is Cc1ccc(N2c3cc4c(cc3B3c5cc6oc7ccc8ccccc8c7c6cc5N(c5ccc(C)cc5)c5cc(C)cc2c53)oc2c3ccccc3ccc42)cc1. The first-order valence-corrected chi connectivity index (χ1v) is 20.1. The number of anilines is 6. The maximum Gasteiger partial charge on any atom is 0.252 e. The molecule has 11 aromatic rings. The van der Waals surface area contributed by atoms with Gasteiger partial charge < -0.3 is 18.6 Å². The molecule has 2 aromatic heterocycles. The Morgan fingerprint density at radius 3 is 1.60 bits per heavy atom. The van der Waals surface area contributed by atoms with Crippen molar-refractivity contribution < 1.29 is 8.83 Å². The van der Waals surface area contributed by atoms with Crippen LogP contribution in [-0.4, -0.2) is 6.71 Å². The number of fused-ring (bicyclic) bond motifs is 14. The van der Waals surface area contributed by atoms with Crippen molar-refractivity contribution in [3.8, 4) is 0 Å². The molecule has 0 radical (unpaired) electrons. The summed E-state index contributed by atoms with van der Waals surface area (Å²) in [5.74, 6) is 0. The van der Waals surface area contributed by atoms with Crippen LogP contribution in [0.4, 0.5) is 34.1 Å². The molecule has 2 aliphatic rings. The van der Waals surface area contributed by atoms with Crippen LogP contribution in [0.3, 0.4) is 0 Å². The summed E-state index contributed by atoms with van der Waals surface area (Å²) in [6.07, 6.45) is 0. The van der Waals surface area contributed by atoms with Crippen LogP contribution in [0.1, 0.15) is 16.7 Å². The van der Waals surface area contributed by atoms with E-state index in [0.717, 1.165) is 72.0 Å². The van der Waals surface area contributed by atoms with E-state index in [-0.39, 0.29) is 6.71 Å². The lowest BCUT2D eigenvalue weighted by Gasteiger charge is -2.44. The summed E-state index contributed by atoms with van der Waals surface area (Å²) in [5, 5.41) is 9.22. The van der Waals surface area contributed by atoms with Gasteiger partial charge in [0.15, 0.2) is 0 Å². The van der Waals surface area contributed by atoms with Crippen LogP contribution in [0.5, 0.6) is 0 Å². The summed E-state index contributed by atoms with van der Waals surface area (Å²) in [6.45, 7) is 6.45. The number of benzene rings is 9. The zero-order valence-corrected chi connectivity index (χ0v) is 32.3. The molecule has 0 saturated heterocycles. The first-order valence-electron chi connectivity index (χ1n) is 20.1. The maximum atomic E-state index is 6.93. The highest BCUT2D eigenvalue weighted by atomic mass is 16.3. The van der Waals surface area contributed by atoms with Crippen molar-refractivity contribution in [2.75, 3.05) is 9.80 Å². The molecule has 4 nitrogen and oxygen atoms in total. The lowest BCUT2D eigenvalue weighted by Crippen LogP contribution is -2.61. The predicted molar refractivity (Wildman–Crippen MR) is 244 cm³/mol. The summed E-state index contributed by atoms with van der Waals surface area (Å²) >= 11 is 0. The Labute approximate surface area is 335 Å². The normalized spacial score (nSPS) is 13.3. The smallest absolute Gasteiger partial charge is 0.252 e. The molecule has 13 rings (SSSR count). The van der Waals surface area contributed by atoms with E-state index in [9.17, 15) is 0 Å². The molecule has 0 spiro atoms. The standard InChI is InChI=1S/C53H35BN2O2/c1-30-12-18-35(19-13-30)55-44-26-40-39-22-16-34-9-5-7-11-38(34)53(39)58-49(40)28-42(44)54-43-29-50-41(51-37-10-6-4-8-33(37)17-23-48(51)57-50)27-45(43)56(36-20-14-31(2)15-21-36)47-25-32(3)24-46(55)52(47)54/h4-29H,1-3H3. The summed E-state index contributed by atoms with van der Waals surface area (Å²) < 4.78 is 13.8. The van der Waals surface area contributed by atoms with E-state index in [1.807, 2.05) is 0 Å². The van der Waals surface area contributed by atoms with Gasteiger partial charge in [-0.25, -0.2) is 0 Å². The summed E-state index contributed by atoms with van der Waals surface area (Å²) in [4.78, 5) is 4.98. The number of aryl methyl sites for hydroxylation is 3. The Morgan fingerprint density at radius 1 is 0.397 bits per heavy atom. The minimum absolute atomic E-state index is 0.0947. The zero-order chi connectivity index (χ0) is 38.4. The van der Waals surface area contributed by atoms with Crippen LogP contribution in [0.2, 0.25) is 0 Å². The van der Waals surface area contributed by atoms with Gasteiger partial charge in [0.25, 0.3) is 6.71 Å². The molecule has 272 valence electrons. The molecule has 58 heavy (non-hydrogen) atoms. The number of furan rings is 2. The van der Waals surface area contributed by atoms with Crippen LogP contribution < -0.4 is 26.2 Å². The van der Waals surface area contributed by atoms with Gasteiger partial charge in [-0.05, 0) is 132 Å². The van der Waals surface area contributed by atoms with Crippen molar-refractivity contribution in [1.82, 2.24) is 0 Å². The Balaban J connectivity index is 1.18. The van der Waals surface area contributed by atoms with Gasteiger partial charge in [-0.3, -0.25) is 0 Å². The molecule has 9 aromatic carbocycles. The molecule has 0 unspecified atom stereocenters. The molecule has 5 heteroatoms. The minimum Gasteiger partial charge on any atom is -0.456 e. The minimum atomic E-state index is -0.0947. The molecule has 0 amide bonds. The average Bonchev–Trinajstić information content (AvgIpc) is 3.81. The van der Waals surface area contributed by atoms with E-state index in [4.69, 9.17) is 8.83 Å². The molecule has 4 heterocycles. The number of hydrogen-bond acceptors (Lipinski definition) is 4. The lowest BCUT2D eigenvalue weighted by atomic mass is 9.33. The van der Waals surface area contributed by atoms with Crippen molar-refractivity contribution in [2.24, 2.45) is 0 Å². The maximum absolute atomic E-state index is 6.93. The Hall–Kier alpha value is -7.24. The molecule has 0 aliphatic carbocycles. The van der Waals surface area contributed by atoms with Crippen LogP contribution >= 0.6 is 0 Å². The second-order valence-corrected chi connectivity index (χ2v) is 16.3. The monoisotopic (exact) mass is 742 g/mol. The van der Waals surface area contributed by atoms with Crippen LogP contribution in [0.25, 0.3) is 65.4 Å². The highest BCUT2D eigenvalue weighted by Gasteiger charge is 2.44. The summed E-state index contributed by atoms with van der Waals surface area (Å²) in [5.41, 5.74) is 17.9. The average molecular weight is 743 g/mol. The predicted octanol–water partition coefficient (Wildman–Crippen LogP) is 12.8. The Morgan fingerprint density at radius 2 is 0.948 bits per heavy atom. The van der Waals surface area contributed by atoms with Crippen molar-refractivity contribution in [2.45, 2.75) is 20.8 Å². The highest BCUT2D eigenvalue weighted by molar-refractivity contribution is 7.00. The van der Waals surface area contributed by atoms with Crippen LogP contribution in [-0.2, 0) is 0 Å². The van der Waals surface area contributed by atoms with Crippen LogP contribution in [0, 0.1) is 20.8 Å². The number of hydrogen-bond donors (Lipinski definition) is 0. The fraction of sp³-hybridized carbons (Fsp3) is 0.0566. The molecule has 0 bridgehead atoms. The largest absolute Gasteiger partial charge is 0.456 e. The van der Waals surface area contributed by atoms with Gasteiger partial charge in [0.05, 0.1) is 0 Å². The molecular weight excluding hydrogens is 707 g/mol. The van der Waals surface area contributed by atoms with Gasteiger partial charge in [0.2, 0.25) is 0 Å². The molecular formula is C53H35BN2O2. The molecule has 0 saturated carbocycles. The van der Waals surface area contributed by atoms with Gasteiger partial charge in [0.1, 0.15) is 22.3 Å². The summed E-state index contributed by atoms with van der Waals surface area (Å²) in [7, 11) is 0. The Kier molecular flexibility index (Phi) is 6.29. The van der Waals surface area contributed by atoms with Crippen molar-refractivity contribution in [1.29, 1.82) is 0 Å². The molecule has 0 N–H and O–H groups in total. The fourth-order valence-electron chi connectivity index (χ4n) is 10.1. The zero-order valence-electron chi connectivity index (χ0n) is 32.3. The first-order chi connectivity index (χ1) is 28.5. The van der Waals surface area contributed by atoms with Crippen molar-refractivity contribution >= 4 is 123 Å². The van der Waals surface area contributed by atoms with Gasteiger partial charge >= 0.3 is 0 Å². The second-order valence-electron chi connectivity index (χ2n) is 16.3. The van der Waals surface area contributed by atoms with E-state index in [2.05, 4.69) is 188 Å². The third kappa shape index (κ3) is 4.30. The van der Waals surface area contributed by atoms with Crippen molar-refractivity contribution in [3.63, 3.8) is 0 Å². The topological polar surface area (TPSA) is 32.8 Å². The third-order valence-electron chi connectivity index (χ3n) is 12.8. The van der Waals surface area contributed by atoms with Gasteiger partial charge in [-0.1, -0.05) is 96.1 Å². The van der Waals surface area contributed by atoms with Gasteiger partial charge in [0, 0.05) is 61.1 Å². The molecule has 0 fully saturated rings. The fourth-order valence-corrected chi connectivity index (χ4v) is 10.1.